The van der Waals surface area contributed by atoms with Gasteiger partial charge in [0.25, 0.3) is 0 Å². The zero-order valence-electron chi connectivity index (χ0n) is 8.40. The van der Waals surface area contributed by atoms with Crippen molar-refractivity contribution in [2.24, 2.45) is 5.73 Å². The number of hydrogen-bond acceptors (Lipinski definition) is 4. The third-order valence-corrected chi connectivity index (χ3v) is 3.71. The Morgan fingerprint density at radius 1 is 1.79 bits per heavy atom. The number of aromatic nitrogens is 1. The second-order valence-corrected chi connectivity index (χ2v) is 4.98. The molecule has 1 aromatic rings. The van der Waals surface area contributed by atoms with Crippen molar-refractivity contribution in [2.75, 3.05) is 6.61 Å². The van der Waals surface area contributed by atoms with Gasteiger partial charge in [-0.15, -0.1) is 11.3 Å². The van der Waals surface area contributed by atoms with Gasteiger partial charge in [-0.2, -0.15) is 0 Å². The van der Waals surface area contributed by atoms with Crippen LogP contribution in [0.2, 0.25) is 0 Å². The van der Waals surface area contributed by atoms with E-state index in [0.717, 1.165) is 30.9 Å². The molecule has 3 nitrogen and oxygen atoms in total. The van der Waals surface area contributed by atoms with E-state index in [2.05, 4.69) is 11.9 Å². The highest BCUT2D eigenvalue weighted by atomic mass is 32.1. The van der Waals surface area contributed by atoms with Gasteiger partial charge in [0.2, 0.25) is 0 Å². The summed E-state index contributed by atoms with van der Waals surface area (Å²) in [5, 5.41) is 3.09. The lowest BCUT2D eigenvalue weighted by Gasteiger charge is -2.29. The average Bonchev–Trinajstić information content (AvgIpc) is 2.76. The first-order valence-corrected chi connectivity index (χ1v) is 5.86. The van der Waals surface area contributed by atoms with E-state index >= 15 is 0 Å². The van der Waals surface area contributed by atoms with E-state index in [4.69, 9.17) is 10.5 Å². The van der Waals surface area contributed by atoms with Crippen molar-refractivity contribution in [1.29, 1.82) is 0 Å². The van der Waals surface area contributed by atoms with Crippen LogP contribution >= 0.6 is 11.3 Å². The summed E-state index contributed by atoms with van der Waals surface area (Å²) in [5.41, 5.74) is 6.01. The van der Waals surface area contributed by atoms with E-state index in [1.54, 1.807) is 11.3 Å². The third-order valence-electron chi connectivity index (χ3n) is 2.91. The topological polar surface area (TPSA) is 48.1 Å². The molecule has 0 spiro atoms. The maximum Gasteiger partial charge on any atom is 0.0941 e. The van der Waals surface area contributed by atoms with Crippen molar-refractivity contribution in [1.82, 2.24) is 4.98 Å². The first-order chi connectivity index (χ1) is 6.71. The summed E-state index contributed by atoms with van der Waals surface area (Å²) in [5.74, 6) is 0. The Balaban J connectivity index is 1.98. The zero-order chi connectivity index (χ0) is 10.0. The molecule has 2 unspecified atom stereocenters. The highest BCUT2D eigenvalue weighted by Gasteiger charge is 2.36. The fourth-order valence-electron chi connectivity index (χ4n) is 1.85. The number of rotatable bonds is 3. The second kappa shape index (κ2) is 3.96. The van der Waals surface area contributed by atoms with Crippen LogP contribution in [-0.2, 0) is 11.2 Å². The molecule has 0 aromatic carbocycles. The molecule has 1 aliphatic rings. The van der Waals surface area contributed by atoms with Gasteiger partial charge in [-0.05, 0) is 19.8 Å². The van der Waals surface area contributed by atoms with Crippen molar-refractivity contribution >= 4 is 11.3 Å². The van der Waals surface area contributed by atoms with E-state index in [1.807, 2.05) is 11.6 Å². The zero-order valence-corrected chi connectivity index (χ0v) is 9.22. The predicted octanol–water partition coefficient (Wildman–Crippen LogP) is 1.58. The molecular formula is C10H16N2OS. The van der Waals surface area contributed by atoms with Crippen LogP contribution in [0.4, 0.5) is 0 Å². The monoisotopic (exact) mass is 212 g/mol. The Morgan fingerprint density at radius 2 is 2.64 bits per heavy atom. The van der Waals surface area contributed by atoms with Crippen LogP contribution in [0, 0.1) is 0 Å². The highest BCUT2D eigenvalue weighted by molar-refractivity contribution is 7.09. The second-order valence-electron chi connectivity index (χ2n) is 4.00. The minimum Gasteiger partial charge on any atom is -0.374 e. The van der Waals surface area contributed by atoms with Crippen LogP contribution in [0.5, 0.6) is 0 Å². The van der Waals surface area contributed by atoms with E-state index in [1.165, 1.54) is 0 Å². The molecule has 1 aliphatic heterocycles. The van der Waals surface area contributed by atoms with E-state index in [0.29, 0.717) is 0 Å². The van der Waals surface area contributed by atoms with Crippen molar-refractivity contribution in [2.45, 2.75) is 37.8 Å². The largest absolute Gasteiger partial charge is 0.374 e. The first kappa shape index (κ1) is 10.1. The fourth-order valence-corrected chi connectivity index (χ4v) is 2.53. The molecule has 2 atom stereocenters. The normalized spacial score (nSPS) is 29.3. The van der Waals surface area contributed by atoms with Crippen LogP contribution in [0.3, 0.4) is 0 Å². The molecule has 0 bridgehead atoms. The fraction of sp³-hybridized carbons (Fsp3) is 0.700. The predicted molar refractivity (Wildman–Crippen MR) is 57.4 cm³/mol. The number of nitrogens with zero attached hydrogens (tertiary/aromatic N) is 1. The lowest BCUT2D eigenvalue weighted by molar-refractivity contribution is -0.000913. The molecule has 0 radical (unpaired) electrons. The summed E-state index contributed by atoms with van der Waals surface area (Å²) < 4.78 is 5.70. The molecule has 0 saturated carbocycles. The molecule has 4 heteroatoms. The van der Waals surface area contributed by atoms with Crippen molar-refractivity contribution in [3.63, 3.8) is 0 Å². The Labute approximate surface area is 88.3 Å². The van der Waals surface area contributed by atoms with Crippen molar-refractivity contribution in [3.05, 3.63) is 16.6 Å². The smallest absolute Gasteiger partial charge is 0.0941 e. The van der Waals surface area contributed by atoms with Crippen LogP contribution in [0.1, 0.15) is 24.8 Å². The van der Waals surface area contributed by atoms with E-state index in [9.17, 15) is 0 Å². The third kappa shape index (κ3) is 1.97. The Bertz CT molecular complexity index is 280. The maximum atomic E-state index is 6.15. The molecule has 2 rings (SSSR count). The van der Waals surface area contributed by atoms with Gasteiger partial charge >= 0.3 is 0 Å². The van der Waals surface area contributed by atoms with Crippen molar-refractivity contribution < 1.29 is 4.74 Å². The van der Waals surface area contributed by atoms with Gasteiger partial charge in [0.15, 0.2) is 0 Å². The van der Waals surface area contributed by atoms with Gasteiger partial charge < -0.3 is 10.5 Å². The van der Waals surface area contributed by atoms with Crippen molar-refractivity contribution in [3.8, 4) is 0 Å². The number of nitrogens with two attached hydrogens (primary N) is 1. The molecule has 2 N–H and O–H groups in total. The molecule has 78 valence electrons. The molecular weight excluding hydrogens is 196 g/mol. The van der Waals surface area contributed by atoms with Gasteiger partial charge in [-0.25, -0.2) is 4.98 Å². The minimum atomic E-state index is -0.133. The van der Waals surface area contributed by atoms with Gasteiger partial charge in [-0.1, -0.05) is 0 Å². The van der Waals surface area contributed by atoms with Crippen LogP contribution in [0.15, 0.2) is 11.6 Å². The van der Waals surface area contributed by atoms with Crippen LogP contribution in [0.25, 0.3) is 0 Å². The Hall–Kier alpha value is -0.450. The number of hydrogen-bond donors (Lipinski definition) is 1. The lowest BCUT2D eigenvalue weighted by atomic mass is 9.92. The molecule has 0 aliphatic carbocycles. The lowest BCUT2D eigenvalue weighted by Crippen LogP contribution is -2.46. The van der Waals surface area contributed by atoms with Crippen LogP contribution < -0.4 is 5.73 Å². The quantitative estimate of drug-likeness (QED) is 0.827. The summed E-state index contributed by atoms with van der Waals surface area (Å²) in [6.45, 7) is 2.96. The van der Waals surface area contributed by atoms with E-state index in [-0.39, 0.29) is 11.6 Å². The van der Waals surface area contributed by atoms with Gasteiger partial charge in [0.05, 0.1) is 10.6 Å². The molecule has 2 heterocycles. The average molecular weight is 212 g/mol. The van der Waals surface area contributed by atoms with Gasteiger partial charge in [-0.3, -0.25) is 0 Å². The number of thiazole rings is 1. The SMILES string of the molecule is CC1(C(N)Cc2nccs2)CCCO1. The molecule has 1 fully saturated rings. The summed E-state index contributed by atoms with van der Waals surface area (Å²) >= 11 is 1.66. The first-order valence-electron chi connectivity index (χ1n) is 4.99. The summed E-state index contributed by atoms with van der Waals surface area (Å²) in [6, 6.07) is 0.0659. The molecule has 1 saturated heterocycles. The highest BCUT2D eigenvalue weighted by Crippen LogP contribution is 2.29. The number of ether oxygens (including phenoxy) is 1. The Kier molecular flexibility index (Phi) is 2.85. The summed E-state index contributed by atoms with van der Waals surface area (Å²) in [4.78, 5) is 4.24. The summed E-state index contributed by atoms with van der Waals surface area (Å²) in [7, 11) is 0. The van der Waals surface area contributed by atoms with Crippen LogP contribution in [-0.4, -0.2) is 23.2 Å². The Morgan fingerprint density at radius 3 is 3.21 bits per heavy atom. The van der Waals surface area contributed by atoms with E-state index < -0.39 is 0 Å². The maximum absolute atomic E-state index is 6.15. The summed E-state index contributed by atoms with van der Waals surface area (Å²) in [6.07, 6.45) is 4.85. The molecule has 14 heavy (non-hydrogen) atoms. The molecule has 1 aromatic heterocycles. The van der Waals surface area contributed by atoms with Gasteiger partial charge in [0.1, 0.15) is 0 Å². The molecule has 0 amide bonds. The van der Waals surface area contributed by atoms with Gasteiger partial charge in [0, 0.05) is 30.6 Å². The standard InChI is InChI=1S/C10H16N2OS/c1-10(3-2-5-13-10)8(11)7-9-12-4-6-14-9/h4,6,8H,2-3,5,7,11H2,1H3. The minimum absolute atomic E-state index is 0.0659.